The molecule has 3 rings (SSSR count). The number of nitrogens with zero attached hydrogens (tertiary/aromatic N) is 1. The van der Waals surface area contributed by atoms with Crippen LogP contribution in [0.3, 0.4) is 0 Å². The van der Waals surface area contributed by atoms with Gasteiger partial charge in [-0.1, -0.05) is 50.0 Å². The molecule has 2 nitrogen and oxygen atoms in total. The highest BCUT2D eigenvalue weighted by molar-refractivity contribution is 6.35. The van der Waals surface area contributed by atoms with Crippen LogP contribution in [0.15, 0.2) is 18.2 Å². The topological polar surface area (TPSA) is 23.5 Å². The van der Waals surface area contributed by atoms with Gasteiger partial charge in [-0.2, -0.15) is 0 Å². The van der Waals surface area contributed by atoms with Crippen LogP contribution in [-0.4, -0.2) is 34.7 Å². The van der Waals surface area contributed by atoms with Gasteiger partial charge >= 0.3 is 0 Å². The zero-order valence-electron chi connectivity index (χ0n) is 14.3. The first-order chi connectivity index (χ1) is 10.7. The fourth-order valence-corrected chi connectivity index (χ4v) is 4.76. The fraction of sp³-hybridized carbons (Fsp3) is 0.684. The molecule has 2 saturated heterocycles. The van der Waals surface area contributed by atoms with E-state index in [1.54, 1.807) is 0 Å². The smallest absolute Gasteiger partial charge is 0.0722 e. The Hall–Kier alpha value is -0.280. The van der Waals surface area contributed by atoms with Crippen molar-refractivity contribution in [3.05, 3.63) is 33.8 Å². The highest BCUT2D eigenvalue weighted by Crippen LogP contribution is 2.45. The molecule has 0 spiro atoms. The van der Waals surface area contributed by atoms with Crippen LogP contribution < -0.4 is 0 Å². The van der Waals surface area contributed by atoms with Gasteiger partial charge in [0, 0.05) is 29.2 Å². The van der Waals surface area contributed by atoms with E-state index in [-0.39, 0.29) is 5.41 Å². The predicted molar refractivity (Wildman–Crippen MR) is 97.4 cm³/mol. The molecule has 0 aliphatic carbocycles. The third-order valence-electron chi connectivity index (χ3n) is 6.00. The molecule has 2 fully saturated rings. The number of hydrogen-bond donors (Lipinski definition) is 1. The lowest BCUT2D eigenvalue weighted by molar-refractivity contribution is -0.122. The van der Waals surface area contributed by atoms with E-state index in [0.29, 0.717) is 17.0 Å². The summed E-state index contributed by atoms with van der Waals surface area (Å²) in [6.45, 7) is 8.47. The summed E-state index contributed by atoms with van der Waals surface area (Å²) in [4.78, 5) is 2.55. The van der Waals surface area contributed by atoms with E-state index < -0.39 is 5.60 Å². The first kappa shape index (κ1) is 17.5. The minimum atomic E-state index is -0.543. The number of hydrogen-bond acceptors (Lipinski definition) is 2. The van der Waals surface area contributed by atoms with E-state index in [1.807, 2.05) is 12.1 Å². The summed E-state index contributed by atoms with van der Waals surface area (Å²) in [5, 5.41) is 12.5. The van der Waals surface area contributed by atoms with Gasteiger partial charge in [0.25, 0.3) is 0 Å². The maximum atomic E-state index is 11.0. The van der Waals surface area contributed by atoms with Crippen LogP contribution >= 0.6 is 23.2 Å². The predicted octanol–water partition coefficient (Wildman–Crippen LogP) is 5.11. The average molecular weight is 356 g/mol. The molecule has 1 N–H and O–H groups in total. The molecular weight excluding hydrogens is 329 g/mol. The highest BCUT2D eigenvalue weighted by Gasteiger charge is 2.47. The van der Waals surface area contributed by atoms with Gasteiger partial charge in [0.15, 0.2) is 0 Å². The molecule has 1 aromatic carbocycles. The minimum absolute atomic E-state index is 0.0601. The molecule has 23 heavy (non-hydrogen) atoms. The van der Waals surface area contributed by atoms with Crippen LogP contribution in [0.2, 0.25) is 10.0 Å². The van der Waals surface area contributed by atoms with Crippen molar-refractivity contribution in [1.82, 2.24) is 4.90 Å². The zero-order chi connectivity index (χ0) is 16.8. The van der Waals surface area contributed by atoms with E-state index in [0.717, 1.165) is 43.8 Å². The molecule has 0 saturated carbocycles. The van der Waals surface area contributed by atoms with Crippen molar-refractivity contribution in [1.29, 1.82) is 0 Å². The minimum Gasteiger partial charge on any atom is -0.389 e. The van der Waals surface area contributed by atoms with E-state index in [9.17, 15) is 5.11 Å². The van der Waals surface area contributed by atoms with Gasteiger partial charge in [0.2, 0.25) is 0 Å². The van der Waals surface area contributed by atoms with Gasteiger partial charge in [-0.15, -0.1) is 0 Å². The van der Waals surface area contributed by atoms with Crippen LogP contribution in [0.5, 0.6) is 0 Å². The molecule has 128 valence electrons. The Balaban J connectivity index is 1.72. The lowest BCUT2D eigenvalue weighted by atomic mass is 9.67. The van der Waals surface area contributed by atoms with E-state index in [4.69, 9.17) is 23.2 Å². The first-order valence-corrected chi connectivity index (χ1v) is 9.36. The summed E-state index contributed by atoms with van der Waals surface area (Å²) in [7, 11) is 0. The van der Waals surface area contributed by atoms with Crippen LogP contribution in [0.1, 0.15) is 57.9 Å². The Morgan fingerprint density at radius 3 is 2.61 bits per heavy atom. The molecule has 4 heteroatoms. The normalized spacial score (nSPS) is 32.6. The maximum absolute atomic E-state index is 11.0. The third kappa shape index (κ3) is 3.42. The highest BCUT2D eigenvalue weighted by atomic mass is 35.5. The number of rotatable bonds is 1. The van der Waals surface area contributed by atoms with Gasteiger partial charge < -0.3 is 5.11 Å². The maximum Gasteiger partial charge on any atom is 0.0722 e. The van der Waals surface area contributed by atoms with Crippen molar-refractivity contribution in [3.8, 4) is 0 Å². The van der Waals surface area contributed by atoms with E-state index >= 15 is 0 Å². The number of aliphatic hydroxyl groups is 1. The van der Waals surface area contributed by atoms with Crippen molar-refractivity contribution in [2.45, 2.75) is 64.0 Å². The Labute approximate surface area is 149 Å². The molecule has 0 aromatic heterocycles. The molecule has 1 aromatic rings. The Morgan fingerprint density at radius 1 is 1.22 bits per heavy atom. The average Bonchev–Trinajstić information content (AvgIpc) is 2.46. The monoisotopic (exact) mass is 355 g/mol. The van der Waals surface area contributed by atoms with Crippen molar-refractivity contribution in [2.75, 3.05) is 13.1 Å². The fourth-order valence-electron chi connectivity index (χ4n) is 4.19. The summed E-state index contributed by atoms with van der Waals surface area (Å²) in [5.41, 5.74) is 0.611. The van der Waals surface area contributed by atoms with Gasteiger partial charge in [0.1, 0.15) is 0 Å². The summed E-state index contributed by atoms with van der Waals surface area (Å²) in [5.74, 6) is 0.469. The number of piperidine rings is 2. The Kier molecular flexibility index (Phi) is 4.74. The third-order valence-corrected chi connectivity index (χ3v) is 6.57. The Bertz CT molecular complexity index is 583. The molecule has 0 amide bonds. The quantitative estimate of drug-likeness (QED) is 0.756. The lowest BCUT2D eigenvalue weighted by Gasteiger charge is -2.52. The Morgan fingerprint density at radius 2 is 1.96 bits per heavy atom. The van der Waals surface area contributed by atoms with Crippen molar-refractivity contribution >= 4 is 23.2 Å². The summed E-state index contributed by atoms with van der Waals surface area (Å²) < 4.78 is 0. The van der Waals surface area contributed by atoms with Gasteiger partial charge in [-0.25, -0.2) is 0 Å². The molecule has 3 unspecified atom stereocenters. The SMILES string of the molecule is CC(C)(C)C1(O)CCN2CC(c3ccc(Cl)cc3Cl)CCC2C1. The van der Waals surface area contributed by atoms with Crippen molar-refractivity contribution < 1.29 is 5.11 Å². The largest absolute Gasteiger partial charge is 0.389 e. The molecule has 3 atom stereocenters. The zero-order valence-corrected chi connectivity index (χ0v) is 15.8. The van der Waals surface area contributed by atoms with E-state index in [1.165, 1.54) is 5.56 Å². The second kappa shape index (κ2) is 6.22. The van der Waals surface area contributed by atoms with Crippen molar-refractivity contribution in [3.63, 3.8) is 0 Å². The second-order valence-corrected chi connectivity index (χ2v) is 9.17. The molecule has 0 bridgehead atoms. The summed E-state index contributed by atoms with van der Waals surface area (Å²) in [6.07, 6.45) is 4.00. The van der Waals surface area contributed by atoms with Crippen molar-refractivity contribution in [2.24, 2.45) is 5.41 Å². The number of fused-ring (bicyclic) bond motifs is 1. The molecule has 0 radical (unpaired) electrons. The first-order valence-electron chi connectivity index (χ1n) is 8.61. The standard InChI is InChI=1S/C19H27Cl2NO/c1-18(2,3)19(23)8-9-22-12-13(4-6-15(22)11-19)16-7-5-14(20)10-17(16)21/h5,7,10,13,15,23H,4,6,8-9,11-12H2,1-3H3. The number of benzene rings is 1. The second-order valence-electron chi connectivity index (χ2n) is 8.32. The summed E-state index contributed by atoms with van der Waals surface area (Å²) >= 11 is 12.4. The summed E-state index contributed by atoms with van der Waals surface area (Å²) in [6, 6.07) is 6.35. The molecule has 2 heterocycles. The van der Waals surface area contributed by atoms with Crippen LogP contribution in [0.4, 0.5) is 0 Å². The van der Waals surface area contributed by atoms with Crippen LogP contribution in [-0.2, 0) is 0 Å². The lowest BCUT2D eigenvalue weighted by Crippen LogP contribution is -2.57. The van der Waals surface area contributed by atoms with E-state index in [2.05, 4.69) is 31.7 Å². The number of halogens is 2. The van der Waals surface area contributed by atoms with Gasteiger partial charge in [0.05, 0.1) is 5.60 Å². The van der Waals surface area contributed by atoms with Crippen LogP contribution in [0.25, 0.3) is 0 Å². The van der Waals surface area contributed by atoms with Crippen LogP contribution in [0, 0.1) is 5.41 Å². The van der Waals surface area contributed by atoms with Gasteiger partial charge in [-0.3, -0.25) is 4.90 Å². The molecular formula is C19H27Cl2NO. The molecule has 2 aliphatic heterocycles. The van der Waals surface area contributed by atoms with Gasteiger partial charge in [-0.05, 0) is 54.7 Å². The molecule has 2 aliphatic rings.